The highest BCUT2D eigenvalue weighted by atomic mass is 35.5. The van der Waals surface area contributed by atoms with Crippen LogP contribution in [0.2, 0.25) is 10.0 Å². The van der Waals surface area contributed by atoms with Crippen LogP contribution in [0.25, 0.3) is 5.76 Å². The Balaban J connectivity index is 2.20. The molecule has 1 aliphatic rings. The predicted molar refractivity (Wildman–Crippen MR) is 106 cm³/mol. The first-order valence-electron chi connectivity index (χ1n) is 8.68. The van der Waals surface area contributed by atoms with E-state index in [0.717, 1.165) is 0 Å². The van der Waals surface area contributed by atoms with E-state index >= 15 is 0 Å². The number of hydrogen-bond donors (Lipinski definition) is 1. The third kappa shape index (κ3) is 3.38. The van der Waals surface area contributed by atoms with Crippen LogP contribution in [0.1, 0.15) is 36.5 Å². The Morgan fingerprint density at radius 3 is 2.39 bits per heavy atom. The lowest BCUT2D eigenvalue weighted by Gasteiger charge is -2.22. The SMILES string of the molecule is CCCN1C(=O)C(=O)/C(=C(\O)c2cc(Cl)c(OC)c(Cl)c2)C1c1ccc(C)o1. The fraction of sp³-hybridized carbons (Fsp3) is 0.300. The molecule has 1 aliphatic heterocycles. The zero-order valence-electron chi connectivity index (χ0n) is 15.6. The fourth-order valence-corrected chi connectivity index (χ4v) is 3.94. The molecule has 2 heterocycles. The molecule has 1 fully saturated rings. The molecule has 148 valence electrons. The van der Waals surface area contributed by atoms with Crippen LogP contribution in [0, 0.1) is 6.92 Å². The average Bonchev–Trinajstić information content (AvgIpc) is 3.17. The first-order chi connectivity index (χ1) is 13.3. The molecule has 1 N–H and O–H groups in total. The Kier molecular flexibility index (Phi) is 5.72. The summed E-state index contributed by atoms with van der Waals surface area (Å²) in [5.74, 6) is -0.557. The van der Waals surface area contributed by atoms with Gasteiger partial charge in [-0.15, -0.1) is 0 Å². The van der Waals surface area contributed by atoms with E-state index in [0.29, 0.717) is 24.5 Å². The molecule has 8 heteroatoms. The molecule has 1 aromatic heterocycles. The van der Waals surface area contributed by atoms with Crippen molar-refractivity contribution in [3.05, 3.63) is 57.0 Å². The van der Waals surface area contributed by atoms with Crippen LogP contribution in [0.3, 0.4) is 0 Å². The lowest BCUT2D eigenvalue weighted by Crippen LogP contribution is -2.30. The minimum Gasteiger partial charge on any atom is -0.507 e. The Morgan fingerprint density at radius 2 is 1.89 bits per heavy atom. The molecule has 0 aliphatic carbocycles. The molecular formula is C20H19Cl2NO5. The monoisotopic (exact) mass is 423 g/mol. The maximum atomic E-state index is 12.7. The molecule has 1 amide bonds. The van der Waals surface area contributed by atoms with Crippen molar-refractivity contribution in [2.75, 3.05) is 13.7 Å². The van der Waals surface area contributed by atoms with Crippen LogP contribution in [0.15, 0.2) is 34.3 Å². The van der Waals surface area contributed by atoms with Gasteiger partial charge in [-0.2, -0.15) is 0 Å². The third-order valence-corrected chi connectivity index (χ3v) is 5.07. The van der Waals surface area contributed by atoms with Gasteiger partial charge in [0.25, 0.3) is 11.7 Å². The molecule has 28 heavy (non-hydrogen) atoms. The Labute approximate surface area is 172 Å². The predicted octanol–water partition coefficient (Wildman–Crippen LogP) is 4.74. The van der Waals surface area contributed by atoms with E-state index in [1.165, 1.54) is 24.1 Å². The molecule has 2 aromatic rings. The van der Waals surface area contributed by atoms with Crippen LogP contribution in [0.4, 0.5) is 0 Å². The number of methoxy groups -OCH3 is 1. The number of aryl methyl sites for hydroxylation is 1. The highest BCUT2D eigenvalue weighted by molar-refractivity contribution is 6.46. The second kappa shape index (κ2) is 7.89. The van der Waals surface area contributed by atoms with Gasteiger partial charge >= 0.3 is 0 Å². The van der Waals surface area contributed by atoms with E-state index in [-0.39, 0.29) is 32.7 Å². The van der Waals surface area contributed by atoms with Gasteiger partial charge in [-0.25, -0.2) is 0 Å². The van der Waals surface area contributed by atoms with Crippen molar-refractivity contribution >= 4 is 40.7 Å². The van der Waals surface area contributed by atoms with Crippen molar-refractivity contribution < 1.29 is 23.8 Å². The van der Waals surface area contributed by atoms with Gasteiger partial charge in [-0.3, -0.25) is 9.59 Å². The number of ether oxygens (including phenoxy) is 1. The number of carbonyl (C=O) groups excluding carboxylic acids is 2. The molecule has 0 radical (unpaired) electrons. The van der Waals surface area contributed by atoms with Crippen molar-refractivity contribution in [3.8, 4) is 5.75 Å². The van der Waals surface area contributed by atoms with Crippen LogP contribution >= 0.6 is 23.2 Å². The summed E-state index contributed by atoms with van der Waals surface area (Å²) in [6.07, 6.45) is 0.642. The Hall–Kier alpha value is -2.44. The summed E-state index contributed by atoms with van der Waals surface area (Å²) < 4.78 is 10.8. The van der Waals surface area contributed by atoms with Crippen LogP contribution < -0.4 is 4.74 Å². The number of benzene rings is 1. The quantitative estimate of drug-likeness (QED) is 0.426. The summed E-state index contributed by atoms with van der Waals surface area (Å²) in [7, 11) is 1.42. The van der Waals surface area contributed by atoms with Crippen LogP contribution in [-0.2, 0) is 9.59 Å². The zero-order chi connectivity index (χ0) is 20.6. The molecule has 0 spiro atoms. The van der Waals surface area contributed by atoms with Crippen LogP contribution in [-0.4, -0.2) is 35.4 Å². The summed E-state index contributed by atoms with van der Waals surface area (Å²) in [5.41, 5.74) is 0.142. The van der Waals surface area contributed by atoms with Gasteiger partial charge in [-0.1, -0.05) is 30.1 Å². The molecule has 6 nitrogen and oxygen atoms in total. The zero-order valence-corrected chi connectivity index (χ0v) is 17.1. The second-order valence-electron chi connectivity index (χ2n) is 6.41. The molecule has 1 aromatic carbocycles. The standard InChI is InChI=1S/C20H19Cl2NO5/c1-4-7-23-16(14-6-5-10(2)28-14)15(18(25)20(23)26)17(24)11-8-12(21)19(27-3)13(22)9-11/h5-6,8-9,16,24H,4,7H2,1-3H3/b17-15-. The number of amides is 1. The van der Waals surface area contributed by atoms with Gasteiger partial charge in [-0.05, 0) is 37.6 Å². The van der Waals surface area contributed by atoms with Crippen molar-refractivity contribution in [3.63, 3.8) is 0 Å². The van der Waals surface area contributed by atoms with E-state index in [9.17, 15) is 14.7 Å². The number of rotatable bonds is 5. The van der Waals surface area contributed by atoms with Crippen LogP contribution in [0.5, 0.6) is 5.75 Å². The smallest absolute Gasteiger partial charge is 0.295 e. The van der Waals surface area contributed by atoms with Crippen molar-refractivity contribution in [2.24, 2.45) is 0 Å². The van der Waals surface area contributed by atoms with Gasteiger partial charge in [0.1, 0.15) is 23.3 Å². The molecule has 0 bridgehead atoms. The minimum atomic E-state index is -0.826. The maximum absolute atomic E-state index is 12.7. The molecule has 1 atom stereocenters. The van der Waals surface area contributed by atoms with Gasteiger partial charge in [0.15, 0.2) is 5.75 Å². The second-order valence-corrected chi connectivity index (χ2v) is 7.23. The van der Waals surface area contributed by atoms with E-state index in [1.807, 2.05) is 6.92 Å². The fourth-order valence-electron chi connectivity index (χ4n) is 3.29. The largest absolute Gasteiger partial charge is 0.507 e. The number of aliphatic hydroxyl groups excluding tert-OH is 1. The lowest BCUT2D eigenvalue weighted by molar-refractivity contribution is -0.140. The molecule has 1 saturated heterocycles. The molecule has 1 unspecified atom stereocenters. The lowest BCUT2D eigenvalue weighted by atomic mass is 9.99. The van der Waals surface area contributed by atoms with E-state index in [4.69, 9.17) is 32.4 Å². The number of ketones is 1. The summed E-state index contributed by atoms with van der Waals surface area (Å²) in [6, 6.07) is 5.46. The topological polar surface area (TPSA) is 80.0 Å². The first-order valence-corrected chi connectivity index (χ1v) is 9.43. The number of Topliss-reactive ketones (excluding diaryl/α,β-unsaturated/α-hetero) is 1. The summed E-state index contributed by atoms with van der Waals surface area (Å²) in [5, 5.41) is 11.3. The Morgan fingerprint density at radius 1 is 1.25 bits per heavy atom. The van der Waals surface area contributed by atoms with E-state index < -0.39 is 17.7 Å². The highest BCUT2D eigenvalue weighted by Crippen LogP contribution is 2.42. The first kappa shape index (κ1) is 20.3. The van der Waals surface area contributed by atoms with Gasteiger partial charge in [0.05, 0.1) is 22.7 Å². The van der Waals surface area contributed by atoms with Crippen molar-refractivity contribution in [1.29, 1.82) is 0 Å². The number of carbonyl (C=O) groups is 2. The number of aliphatic hydroxyl groups is 1. The number of halogens is 2. The van der Waals surface area contributed by atoms with E-state index in [2.05, 4.69) is 0 Å². The molecule has 3 rings (SSSR count). The number of hydrogen-bond acceptors (Lipinski definition) is 5. The van der Waals surface area contributed by atoms with Crippen molar-refractivity contribution in [1.82, 2.24) is 4.90 Å². The van der Waals surface area contributed by atoms with E-state index in [1.54, 1.807) is 19.1 Å². The third-order valence-electron chi connectivity index (χ3n) is 4.51. The van der Waals surface area contributed by atoms with Gasteiger partial charge in [0, 0.05) is 12.1 Å². The number of nitrogens with zero attached hydrogens (tertiary/aromatic N) is 1. The minimum absolute atomic E-state index is 0.0647. The van der Waals surface area contributed by atoms with Gasteiger partial charge < -0.3 is 19.2 Å². The highest BCUT2D eigenvalue weighted by Gasteiger charge is 2.47. The number of likely N-dealkylation sites (tertiary alicyclic amines) is 1. The Bertz CT molecular complexity index is 956. The summed E-state index contributed by atoms with van der Waals surface area (Å²) >= 11 is 12.3. The number of furan rings is 1. The maximum Gasteiger partial charge on any atom is 0.295 e. The normalized spacial score (nSPS) is 18.8. The van der Waals surface area contributed by atoms with Crippen molar-refractivity contribution in [2.45, 2.75) is 26.3 Å². The molecular weight excluding hydrogens is 405 g/mol. The average molecular weight is 424 g/mol. The summed E-state index contributed by atoms with van der Waals surface area (Å²) in [4.78, 5) is 26.7. The summed E-state index contributed by atoms with van der Waals surface area (Å²) in [6.45, 7) is 4.00. The van der Waals surface area contributed by atoms with Gasteiger partial charge in [0.2, 0.25) is 0 Å². The molecule has 0 saturated carbocycles.